The third kappa shape index (κ3) is 2.21. The number of hydrogen-bond donors (Lipinski definition) is 1. The van der Waals surface area contributed by atoms with Crippen LogP contribution in [0.5, 0.6) is 0 Å². The number of non-ortho nitro benzene ring substituents is 1. The van der Waals surface area contributed by atoms with Gasteiger partial charge in [-0.2, -0.15) is 5.26 Å². The Labute approximate surface area is 118 Å². The average Bonchev–Trinajstić information content (AvgIpc) is 2.99. The number of nitro benzene ring substituents is 1. The Kier molecular flexibility index (Phi) is 3.08. The Hall–Kier alpha value is -2.46. The van der Waals surface area contributed by atoms with Crippen LogP contribution in [0.2, 0.25) is 0 Å². The number of hydrogen-bond acceptors (Lipinski definition) is 6. The van der Waals surface area contributed by atoms with Crippen LogP contribution in [0.15, 0.2) is 18.2 Å². The minimum Gasteiger partial charge on any atom is -0.330 e. The number of fused-ring (bicyclic) bond motifs is 1. The molecular weight excluding hydrogens is 276 g/mol. The number of rotatable bonds is 3. The highest BCUT2D eigenvalue weighted by atomic mass is 32.1. The van der Waals surface area contributed by atoms with Gasteiger partial charge in [0.2, 0.25) is 0 Å². The summed E-state index contributed by atoms with van der Waals surface area (Å²) in [5, 5.41) is 23.6. The molecule has 0 aliphatic heterocycles. The van der Waals surface area contributed by atoms with E-state index in [1.54, 1.807) is 17.4 Å². The molecule has 1 aliphatic rings. The van der Waals surface area contributed by atoms with Gasteiger partial charge < -0.3 is 5.32 Å². The lowest BCUT2D eigenvalue weighted by molar-refractivity contribution is -0.384. The van der Waals surface area contributed by atoms with Crippen LogP contribution in [0.25, 0.3) is 0 Å². The van der Waals surface area contributed by atoms with E-state index in [9.17, 15) is 10.1 Å². The monoisotopic (exact) mass is 286 g/mol. The highest BCUT2D eigenvalue weighted by Crippen LogP contribution is 2.33. The van der Waals surface area contributed by atoms with Crippen LogP contribution in [-0.4, -0.2) is 9.91 Å². The van der Waals surface area contributed by atoms with Gasteiger partial charge >= 0.3 is 0 Å². The summed E-state index contributed by atoms with van der Waals surface area (Å²) >= 11 is 1.58. The first-order chi connectivity index (χ1) is 9.67. The van der Waals surface area contributed by atoms with Gasteiger partial charge in [-0.3, -0.25) is 10.1 Å². The first-order valence-electron chi connectivity index (χ1n) is 6.11. The van der Waals surface area contributed by atoms with Gasteiger partial charge in [0.05, 0.1) is 21.9 Å². The van der Waals surface area contributed by atoms with Crippen LogP contribution in [0.1, 0.15) is 22.6 Å². The van der Waals surface area contributed by atoms with Gasteiger partial charge in [0.25, 0.3) is 5.69 Å². The molecule has 0 saturated carbocycles. The largest absolute Gasteiger partial charge is 0.330 e. The van der Waals surface area contributed by atoms with E-state index in [0.29, 0.717) is 5.69 Å². The van der Waals surface area contributed by atoms with E-state index < -0.39 is 4.92 Å². The molecule has 0 bridgehead atoms. The van der Waals surface area contributed by atoms with Crippen LogP contribution >= 0.6 is 11.3 Å². The molecule has 0 unspecified atom stereocenters. The molecule has 0 atom stereocenters. The SMILES string of the molecule is N#Cc1cc([N+](=O)[O-])ccc1Nc1nc2c(s1)CCC2. The van der Waals surface area contributed by atoms with Crippen molar-refractivity contribution in [3.63, 3.8) is 0 Å². The minimum absolute atomic E-state index is 0.0891. The highest BCUT2D eigenvalue weighted by molar-refractivity contribution is 7.15. The Morgan fingerprint density at radius 2 is 2.30 bits per heavy atom. The molecule has 1 heterocycles. The lowest BCUT2D eigenvalue weighted by atomic mass is 10.2. The molecular formula is C13H10N4O2S. The molecule has 1 aromatic heterocycles. The standard InChI is InChI=1S/C13H10N4O2S/c14-7-8-6-9(17(18)19)4-5-10(8)15-13-16-11-2-1-3-12(11)20-13/h4-6H,1-3H2,(H,15,16). The fraction of sp³-hybridized carbons (Fsp3) is 0.231. The molecule has 6 nitrogen and oxygen atoms in total. The summed E-state index contributed by atoms with van der Waals surface area (Å²) in [4.78, 5) is 16.0. The van der Waals surface area contributed by atoms with Gasteiger partial charge in [-0.25, -0.2) is 4.98 Å². The molecule has 7 heteroatoms. The number of thiazole rings is 1. The van der Waals surface area contributed by atoms with Crippen molar-refractivity contribution in [2.75, 3.05) is 5.32 Å². The summed E-state index contributed by atoms with van der Waals surface area (Å²) < 4.78 is 0. The number of aromatic nitrogens is 1. The third-order valence-corrected chi connectivity index (χ3v) is 4.24. The first-order valence-corrected chi connectivity index (χ1v) is 6.93. The Balaban J connectivity index is 1.90. The fourth-order valence-electron chi connectivity index (χ4n) is 2.21. The lowest BCUT2D eigenvalue weighted by Crippen LogP contribution is -1.96. The minimum atomic E-state index is -0.511. The second kappa shape index (κ2) is 4.90. The second-order valence-corrected chi connectivity index (χ2v) is 5.55. The molecule has 3 rings (SSSR count). The average molecular weight is 286 g/mol. The number of nitriles is 1. The number of nitrogens with one attached hydrogen (secondary N) is 1. The quantitative estimate of drug-likeness (QED) is 0.691. The van der Waals surface area contributed by atoms with Crippen molar-refractivity contribution in [2.24, 2.45) is 0 Å². The smallest absolute Gasteiger partial charge is 0.270 e. The van der Waals surface area contributed by atoms with Crippen LogP contribution in [0, 0.1) is 21.4 Å². The number of benzene rings is 1. The van der Waals surface area contributed by atoms with Crippen molar-refractivity contribution in [1.82, 2.24) is 4.98 Å². The molecule has 2 aromatic rings. The Bertz CT molecular complexity index is 711. The summed E-state index contributed by atoms with van der Waals surface area (Å²) in [5.41, 5.74) is 1.83. The van der Waals surface area contributed by atoms with Crippen molar-refractivity contribution in [2.45, 2.75) is 19.3 Å². The molecule has 1 N–H and O–H groups in total. The predicted molar refractivity (Wildman–Crippen MR) is 75.2 cm³/mol. The Morgan fingerprint density at radius 1 is 1.45 bits per heavy atom. The van der Waals surface area contributed by atoms with Crippen LogP contribution in [-0.2, 0) is 12.8 Å². The molecule has 0 fully saturated rings. The number of anilines is 2. The second-order valence-electron chi connectivity index (χ2n) is 4.47. The summed E-state index contributed by atoms with van der Waals surface area (Å²) in [7, 11) is 0. The van der Waals surface area contributed by atoms with Crippen LogP contribution in [0.3, 0.4) is 0 Å². The normalized spacial score (nSPS) is 12.8. The Morgan fingerprint density at radius 3 is 3.00 bits per heavy atom. The maximum Gasteiger partial charge on any atom is 0.270 e. The molecule has 0 saturated heterocycles. The van der Waals surface area contributed by atoms with Gasteiger partial charge in [-0.05, 0) is 25.3 Å². The lowest BCUT2D eigenvalue weighted by Gasteiger charge is -2.04. The number of aryl methyl sites for hydroxylation is 2. The molecule has 0 spiro atoms. The van der Waals surface area contributed by atoms with E-state index in [-0.39, 0.29) is 11.3 Å². The van der Waals surface area contributed by atoms with Crippen molar-refractivity contribution < 1.29 is 4.92 Å². The summed E-state index contributed by atoms with van der Waals surface area (Å²) in [5.74, 6) is 0. The van der Waals surface area contributed by atoms with Crippen LogP contribution in [0.4, 0.5) is 16.5 Å². The zero-order chi connectivity index (χ0) is 14.1. The molecule has 0 amide bonds. The fourth-order valence-corrected chi connectivity index (χ4v) is 3.27. The molecule has 1 aliphatic carbocycles. The third-order valence-electron chi connectivity index (χ3n) is 3.17. The molecule has 20 heavy (non-hydrogen) atoms. The van der Waals surface area contributed by atoms with Gasteiger partial charge in [-0.1, -0.05) is 0 Å². The van der Waals surface area contributed by atoms with Gasteiger partial charge in [0.1, 0.15) is 6.07 Å². The van der Waals surface area contributed by atoms with Crippen LogP contribution < -0.4 is 5.32 Å². The number of nitro groups is 1. The van der Waals surface area contributed by atoms with Crippen molar-refractivity contribution in [3.8, 4) is 6.07 Å². The van der Waals surface area contributed by atoms with Gasteiger partial charge in [0.15, 0.2) is 5.13 Å². The molecule has 0 radical (unpaired) electrons. The van der Waals surface area contributed by atoms with Gasteiger partial charge in [-0.15, -0.1) is 11.3 Å². The van der Waals surface area contributed by atoms with Crippen molar-refractivity contribution >= 4 is 27.8 Å². The first kappa shape index (κ1) is 12.6. The molecule has 1 aromatic carbocycles. The van der Waals surface area contributed by atoms with E-state index in [2.05, 4.69) is 10.3 Å². The zero-order valence-corrected chi connectivity index (χ0v) is 11.2. The molecule has 100 valence electrons. The summed E-state index contributed by atoms with van der Waals surface area (Å²) in [6, 6.07) is 6.16. The van der Waals surface area contributed by atoms with Crippen molar-refractivity contribution in [3.05, 3.63) is 44.4 Å². The van der Waals surface area contributed by atoms with E-state index in [0.717, 1.165) is 30.1 Å². The van der Waals surface area contributed by atoms with E-state index >= 15 is 0 Å². The number of nitrogens with zero attached hydrogens (tertiary/aromatic N) is 3. The van der Waals surface area contributed by atoms with Gasteiger partial charge in [0, 0.05) is 17.0 Å². The summed E-state index contributed by atoms with van der Waals surface area (Å²) in [6.07, 6.45) is 3.20. The maximum absolute atomic E-state index is 10.7. The summed E-state index contributed by atoms with van der Waals surface area (Å²) in [6.45, 7) is 0. The topological polar surface area (TPSA) is 91.8 Å². The highest BCUT2D eigenvalue weighted by Gasteiger charge is 2.18. The van der Waals surface area contributed by atoms with E-state index in [1.165, 1.54) is 17.0 Å². The van der Waals surface area contributed by atoms with E-state index in [1.807, 2.05) is 6.07 Å². The van der Waals surface area contributed by atoms with E-state index in [4.69, 9.17) is 5.26 Å². The maximum atomic E-state index is 10.7. The zero-order valence-electron chi connectivity index (χ0n) is 10.4. The van der Waals surface area contributed by atoms with Crippen molar-refractivity contribution in [1.29, 1.82) is 5.26 Å². The predicted octanol–water partition coefficient (Wildman–Crippen LogP) is 3.16.